The molecule has 148 valence electrons. The highest BCUT2D eigenvalue weighted by Crippen LogP contribution is 2.31. The first-order valence-electron chi connectivity index (χ1n) is 9.20. The van der Waals surface area contributed by atoms with Gasteiger partial charge in [-0.1, -0.05) is 18.5 Å². The SMILES string of the molecule is CCC1CCC(Nc2nonc2-c2noc(=O)n2-c2ccc(F)c(Br)c2)CC1. The van der Waals surface area contributed by atoms with E-state index < -0.39 is 11.6 Å². The van der Waals surface area contributed by atoms with E-state index in [2.05, 4.69) is 43.6 Å². The van der Waals surface area contributed by atoms with Gasteiger partial charge in [0, 0.05) is 6.04 Å². The standard InChI is InChI=1S/C18H19BrFN5O3/c1-2-10-3-5-11(6-4-10)21-16-15(22-28-23-16)17-24-27-18(26)25(17)12-7-8-14(20)13(19)9-12/h7-11H,2-6H2,1H3,(H,21,23). The molecule has 0 radical (unpaired) electrons. The molecule has 3 aromatic rings. The first-order chi connectivity index (χ1) is 13.6. The zero-order valence-corrected chi connectivity index (χ0v) is 16.8. The molecule has 1 aliphatic rings. The molecule has 0 aliphatic heterocycles. The van der Waals surface area contributed by atoms with Crippen LogP contribution < -0.4 is 11.1 Å². The molecule has 2 heterocycles. The van der Waals surface area contributed by atoms with Crippen LogP contribution >= 0.6 is 15.9 Å². The lowest BCUT2D eigenvalue weighted by Gasteiger charge is -2.28. The minimum absolute atomic E-state index is 0.134. The predicted molar refractivity (Wildman–Crippen MR) is 103 cm³/mol. The Morgan fingerprint density at radius 1 is 1.25 bits per heavy atom. The molecule has 1 aromatic carbocycles. The van der Waals surface area contributed by atoms with E-state index in [0.717, 1.165) is 31.6 Å². The molecule has 1 N–H and O–H groups in total. The molecule has 1 aliphatic carbocycles. The molecule has 0 unspecified atom stereocenters. The van der Waals surface area contributed by atoms with Gasteiger partial charge in [-0.15, -0.1) is 0 Å². The third kappa shape index (κ3) is 3.60. The number of hydrogen-bond donors (Lipinski definition) is 1. The van der Waals surface area contributed by atoms with E-state index in [-0.39, 0.29) is 22.0 Å². The zero-order valence-electron chi connectivity index (χ0n) is 15.2. The summed E-state index contributed by atoms with van der Waals surface area (Å²) in [5.41, 5.74) is 0.649. The van der Waals surface area contributed by atoms with Crippen LogP contribution in [-0.4, -0.2) is 26.1 Å². The molecule has 0 saturated heterocycles. The van der Waals surface area contributed by atoms with Gasteiger partial charge in [0.05, 0.1) is 10.2 Å². The lowest BCUT2D eigenvalue weighted by Crippen LogP contribution is -2.26. The second-order valence-electron chi connectivity index (χ2n) is 6.94. The normalized spacial score (nSPS) is 19.7. The Morgan fingerprint density at radius 3 is 2.75 bits per heavy atom. The second-order valence-corrected chi connectivity index (χ2v) is 7.79. The van der Waals surface area contributed by atoms with Crippen molar-refractivity contribution in [3.05, 3.63) is 39.0 Å². The summed E-state index contributed by atoms with van der Waals surface area (Å²) in [6, 6.07) is 4.41. The van der Waals surface area contributed by atoms with Gasteiger partial charge in [0.2, 0.25) is 11.6 Å². The summed E-state index contributed by atoms with van der Waals surface area (Å²) in [5, 5.41) is 15.0. The van der Waals surface area contributed by atoms with Crippen molar-refractivity contribution in [2.45, 2.75) is 45.1 Å². The van der Waals surface area contributed by atoms with Crippen molar-refractivity contribution in [1.82, 2.24) is 20.0 Å². The number of nitrogens with one attached hydrogen (secondary N) is 1. The van der Waals surface area contributed by atoms with Gasteiger partial charge in [0.15, 0.2) is 5.69 Å². The lowest BCUT2D eigenvalue weighted by molar-refractivity contribution is 0.306. The Hall–Kier alpha value is -2.49. The summed E-state index contributed by atoms with van der Waals surface area (Å²) in [6.45, 7) is 2.22. The number of anilines is 1. The van der Waals surface area contributed by atoms with Gasteiger partial charge < -0.3 is 5.32 Å². The fourth-order valence-electron chi connectivity index (χ4n) is 3.59. The van der Waals surface area contributed by atoms with Crippen molar-refractivity contribution in [2.75, 3.05) is 5.32 Å². The summed E-state index contributed by atoms with van der Waals surface area (Å²) >= 11 is 3.12. The van der Waals surface area contributed by atoms with Crippen molar-refractivity contribution < 1.29 is 13.5 Å². The van der Waals surface area contributed by atoms with Gasteiger partial charge in [-0.2, -0.15) is 0 Å². The van der Waals surface area contributed by atoms with Crippen LogP contribution in [0.1, 0.15) is 39.0 Å². The number of aromatic nitrogens is 4. The Bertz CT molecular complexity index is 1020. The van der Waals surface area contributed by atoms with E-state index in [1.165, 1.54) is 29.2 Å². The summed E-state index contributed by atoms with van der Waals surface area (Å²) in [5.74, 6) is 0.150. The summed E-state index contributed by atoms with van der Waals surface area (Å²) in [6.07, 6.45) is 5.57. The van der Waals surface area contributed by atoms with E-state index in [9.17, 15) is 9.18 Å². The van der Waals surface area contributed by atoms with Gasteiger partial charge in [-0.3, -0.25) is 4.52 Å². The average Bonchev–Trinajstić information content (AvgIpc) is 3.31. The third-order valence-corrected chi connectivity index (χ3v) is 5.84. The maximum atomic E-state index is 13.6. The van der Waals surface area contributed by atoms with E-state index in [0.29, 0.717) is 11.5 Å². The van der Waals surface area contributed by atoms with E-state index in [1.54, 1.807) is 0 Å². The van der Waals surface area contributed by atoms with Crippen molar-refractivity contribution in [2.24, 2.45) is 5.92 Å². The summed E-state index contributed by atoms with van der Waals surface area (Å²) in [7, 11) is 0. The Kier molecular flexibility index (Phi) is 5.29. The maximum Gasteiger partial charge on any atom is 0.446 e. The van der Waals surface area contributed by atoms with Gasteiger partial charge >= 0.3 is 5.76 Å². The molecule has 0 spiro atoms. The van der Waals surface area contributed by atoms with Crippen molar-refractivity contribution in [3.63, 3.8) is 0 Å². The quantitative estimate of drug-likeness (QED) is 0.621. The Morgan fingerprint density at radius 2 is 2.04 bits per heavy atom. The van der Waals surface area contributed by atoms with Gasteiger partial charge in [0.1, 0.15) is 5.82 Å². The van der Waals surface area contributed by atoms with E-state index >= 15 is 0 Å². The second kappa shape index (κ2) is 7.86. The summed E-state index contributed by atoms with van der Waals surface area (Å²) in [4.78, 5) is 12.2. The van der Waals surface area contributed by atoms with Crippen LogP contribution in [0.25, 0.3) is 17.2 Å². The predicted octanol–water partition coefficient (Wildman–Crippen LogP) is 4.16. The highest BCUT2D eigenvalue weighted by Gasteiger charge is 2.26. The highest BCUT2D eigenvalue weighted by atomic mass is 79.9. The largest absolute Gasteiger partial charge is 0.446 e. The topological polar surface area (TPSA) is 99.0 Å². The minimum Gasteiger partial charge on any atom is -0.363 e. The van der Waals surface area contributed by atoms with Crippen LogP contribution in [0.4, 0.5) is 10.2 Å². The zero-order chi connectivity index (χ0) is 19.7. The molecule has 0 atom stereocenters. The van der Waals surface area contributed by atoms with Gasteiger partial charge in [0.25, 0.3) is 0 Å². The fraction of sp³-hybridized carbons (Fsp3) is 0.444. The van der Waals surface area contributed by atoms with E-state index in [4.69, 9.17) is 9.15 Å². The number of halogens is 2. The van der Waals surface area contributed by atoms with Crippen LogP contribution in [-0.2, 0) is 0 Å². The first kappa shape index (κ1) is 18.9. The van der Waals surface area contributed by atoms with Crippen LogP contribution in [0.3, 0.4) is 0 Å². The number of rotatable bonds is 5. The molecular weight excluding hydrogens is 433 g/mol. The molecule has 1 fully saturated rings. The van der Waals surface area contributed by atoms with Gasteiger partial charge in [-0.05, 0) is 76.0 Å². The molecule has 1 saturated carbocycles. The smallest absolute Gasteiger partial charge is 0.363 e. The monoisotopic (exact) mass is 451 g/mol. The molecule has 2 aromatic heterocycles. The molecule has 0 bridgehead atoms. The molecule has 10 heteroatoms. The molecular formula is C18H19BrFN5O3. The van der Waals surface area contributed by atoms with E-state index in [1.807, 2.05) is 0 Å². The van der Waals surface area contributed by atoms with Crippen molar-refractivity contribution in [3.8, 4) is 17.2 Å². The maximum absolute atomic E-state index is 13.6. The lowest BCUT2D eigenvalue weighted by atomic mass is 9.84. The molecule has 28 heavy (non-hydrogen) atoms. The van der Waals surface area contributed by atoms with Crippen molar-refractivity contribution >= 4 is 21.7 Å². The number of nitrogens with zero attached hydrogens (tertiary/aromatic N) is 4. The highest BCUT2D eigenvalue weighted by molar-refractivity contribution is 9.10. The van der Waals surface area contributed by atoms with Crippen LogP contribution in [0.2, 0.25) is 0 Å². The Labute approximate surface area is 168 Å². The van der Waals surface area contributed by atoms with Gasteiger partial charge in [-0.25, -0.2) is 18.4 Å². The van der Waals surface area contributed by atoms with Crippen LogP contribution in [0, 0.1) is 11.7 Å². The number of hydrogen-bond acceptors (Lipinski definition) is 7. The fourth-order valence-corrected chi connectivity index (χ4v) is 3.96. The summed E-state index contributed by atoms with van der Waals surface area (Å²) < 4.78 is 24.7. The average molecular weight is 452 g/mol. The first-order valence-corrected chi connectivity index (χ1v) is 9.99. The Balaban J connectivity index is 1.64. The van der Waals surface area contributed by atoms with Crippen LogP contribution in [0.15, 0.2) is 36.6 Å². The third-order valence-electron chi connectivity index (χ3n) is 5.23. The van der Waals surface area contributed by atoms with Crippen LogP contribution in [0.5, 0.6) is 0 Å². The van der Waals surface area contributed by atoms with Crippen molar-refractivity contribution in [1.29, 1.82) is 0 Å². The molecule has 8 nitrogen and oxygen atoms in total. The number of benzene rings is 1. The molecule has 4 rings (SSSR count). The minimum atomic E-state index is -0.717. The molecule has 0 amide bonds.